The van der Waals surface area contributed by atoms with Crippen molar-refractivity contribution in [3.8, 4) is 6.07 Å². The summed E-state index contributed by atoms with van der Waals surface area (Å²) in [6, 6.07) is 6.25. The van der Waals surface area contributed by atoms with Crippen molar-refractivity contribution in [2.45, 2.75) is 39.2 Å². The standard InChI is InChI=1S/C14H19N3/c1-10-5-3-7-13(11(10)2)17-14-12(9-15)6-4-8-16-14/h4,6,8,10-11,13H,3,5,7H2,1-2H3,(H,16,17)/t10-,11+,13+/m0/s1. The summed E-state index contributed by atoms with van der Waals surface area (Å²) in [5.41, 5.74) is 0.637. The molecule has 1 aromatic heterocycles. The molecule has 1 aromatic rings. The number of hydrogen-bond donors (Lipinski definition) is 1. The maximum atomic E-state index is 9.04. The second-order valence-corrected chi connectivity index (χ2v) is 5.03. The number of aromatic nitrogens is 1. The molecule has 0 bridgehead atoms. The van der Waals surface area contributed by atoms with E-state index in [0.717, 1.165) is 11.7 Å². The van der Waals surface area contributed by atoms with Gasteiger partial charge in [-0.3, -0.25) is 0 Å². The highest BCUT2D eigenvalue weighted by Gasteiger charge is 2.27. The maximum absolute atomic E-state index is 9.04. The molecule has 1 N–H and O–H groups in total. The molecule has 3 heteroatoms. The third kappa shape index (κ3) is 2.58. The van der Waals surface area contributed by atoms with E-state index in [4.69, 9.17) is 5.26 Å². The molecule has 2 rings (SSSR count). The number of rotatable bonds is 2. The van der Waals surface area contributed by atoms with Crippen LogP contribution in [-0.2, 0) is 0 Å². The first-order chi connectivity index (χ1) is 8.22. The highest BCUT2D eigenvalue weighted by atomic mass is 15.0. The van der Waals surface area contributed by atoms with Crippen molar-refractivity contribution >= 4 is 5.82 Å². The number of nitriles is 1. The minimum atomic E-state index is 0.445. The lowest BCUT2D eigenvalue weighted by Crippen LogP contribution is -2.35. The first kappa shape index (κ1) is 11.9. The summed E-state index contributed by atoms with van der Waals surface area (Å²) in [4.78, 5) is 4.27. The molecule has 1 saturated carbocycles. The normalized spacial score (nSPS) is 28.4. The van der Waals surface area contributed by atoms with Crippen molar-refractivity contribution in [2.75, 3.05) is 5.32 Å². The fourth-order valence-corrected chi connectivity index (χ4v) is 2.57. The number of nitrogens with one attached hydrogen (secondary N) is 1. The van der Waals surface area contributed by atoms with Crippen LogP contribution in [-0.4, -0.2) is 11.0 Å². The second kappa shape index (κ2) is 5.18. The second-order valence-electron chi connectivity index (χ2n) is 5.03. The van der Waals surface area contributed by atoms with E-state index in [1.807, 2.05) is 6.07 Å². The lowest BCUT2D eigenvalue weighted by molar-refractivity contribution is 0.253. The van der Waals surface area contributed by atoms with Gasteiger partial charge in [0.05, 0.1) is 5.56 Å². The molecule has 17 heavy (non-hydrogen) atoms. The molecule has 0 spiro atoms. The minimum absolute atomic E-state index is 0.445. The van der Waals surface area contributed by atoms with Gasteiger partial charge in [0.2, 0.25) is 0 Å². The number of anilines is 1. The van der Waals surface area contributed by atoms with Gasteiger partial charge in [-0.25, -0.2) is 4.98 Å². The van der Waals surface area contributed by atoms with Crippen molar-refractivity contribution in [1.29, 1.82) is 5.26 Å². The summed E-state index contributed by atoms with van der Waals surface area (Å²) in [5, 5.41) is 12.5. The topological polar surface area (TPSA) is 48.7 Å². The van der Waals surface area contributed by atoms with Crippen LogP contribution in [0, 0.1) is 23.2 Å². The molecule has 0 amide bonds. The Bertz CT molecular complexity index is 422. The van der Waals surface area contributed by atoms with Gasteiger partial charge < -0.3 is 5.32 Å². The molecule has 3 atom stereocenters. The molecule has 0 unspecified atom stereocenters. The highest BCUT2D eigenvalue weighted by Crippen LogP contribution is 2.31. The first-order valence-corrected chi connectivity index (χ1v) is 6.34. The average Bonchev–Trinajstić information content (AvgIpc) is 2.35. The molecule has 3 nitrogen and oxygen atoms in total. The Labute approximate surface area is 103 Å². The SMILES string of the molecule is C[C@@H]1[C@@H](C)CCC[C@H]1Nc1ncccc1C#N. The van der Waals surface area contributed by atoms with E-state index in [1.165, 1.54) is 19.3 Å². The maximum Gasteiger partial charge on any atom is 0.144 e. The molecule has 0 radical (unpaired) electrons. The molecule has 1 aliphatic rings. The summed E-state index contributed by atoms with van der Waals surface area (Å²) in [6.07, 6.45) is 5.48. The van der Waals surface area contributed by atoms with Gasteiger partial charge in [0.25, 0.3) is 0 Å². The van der Waals surface area contributed by atoms with Gasteiger partial charge in [0.15, 0.2) is 0 Å². The summed E-state index contributed by atoms with van der Waals surface area (Å²) in [5.74, 6) is 2.12. The smallest absolute Gasteiger partial charge is 0.144 e. The number of nitrogens with zero attached hydrogens (tertiary/aromatic N) is 2. The monoisotopic (exact) mass is 229 g/mol. The molecule has 1 heterocycles. The van der Waals surface area contributed by atoms with Gasteiger partial charge in [0.1, 0.15) is 11.9 Å². The molecular weight excluding hydrogens is 210 g/mol. The third-order valence-corrected chi connectivity index (χ3v) is 3.96. The minimum Gasteiger partial charge on any atom is -0.366 e. The van der Waals surface area contributed by atoms with Crippen LogP contribution in [0.15, 0.2) is 18.3 Å². The van der Waals surface area contributed by atoms with Crippen molar-refractivity contribution in [2.24, 2.45) is 11.8 Å². The zero-order valence-electron chi connectivity index (χ0n) is 10.5. The highest BCUT2D eigenvalue weighted by molar-refractivity contribution is 5.51. The lowest BCUT2D eigenvalue weighted by Gasteiger charge is -2.35. The summed E-state index contributed by atoms with van der Waals surface area (Å²) < 4.78 is 0. The van der Waals surface area contributed by atoms with Crippen LogP contribution in [0.5, 0.6) is 0 Å². The van der Waals surface area contributed by atoms with Gasteiger partial charge in [-0.1, -0.05) is 26.7 Å². The predicted molar refractivity (Wildman–Crippen MR) is 68.5 cm³/mol. The van der Waals surface area contributed by atoms with Gasteiger partial charge in [-0.15, -0.1) is 0 Å². The molecule has 1 aliphatic carbocycles. The Balaban J connectivity index is 2.12. The van der Waals surface area contributed by atoms with E-state index < -0.39 is 0 Å². The van der Waals surface area contributed by atoms with Crippen molar-refractivity contribution in [3.63, 3.8) is 0 Å². The van der Waals surface area contributed by atoms with Crippen LogP contribution in [0.2, 0.25) is 0 Å². The van der Waals surface area contributed by atoms with E-state index in [9.17, 15) is 0 Å². The van der Waals surface area contributed by atoms with Gasteiger partial charge in [-0.2, -0.15) is 5.26 Å². The summed E-state index contributed by atoms with van der Waals surface area (Å²) in [6.45, 7) is 4.60. The quantitative estimate of drug-likeness (QED) is 0.847. The largest absolute Gasteiger partial charge is 0.366 e. The summed E-state index contributed by atoms with van der Waals surface area (Å²) >= 11 is 0. The average molecular weight is 229 g/mol. The Morgan fingerprint density at radius 2 is 2.24 bits per heavy atom. The zero-order chi connectivity index (χ0) is 12.3. The fraction of sp³-hybridized carbons (Fsp3) is 0.571. The Kier molecular flexibility index (Phi) is 3.63. The Hall–Kier alpha value is -1.56. The van der Waals surface area contributed by atoms with E-state index in [0.29, 0.717) is 17.5 Å². The lowest BCUT2D eigenvalue weighted by atomic mass is 9.78. The van der Waals surface area contributed by atoms with Crippen molar-refractivity contribution < 1.29 is 0 Å². The van der Waals surface area contributed by atoms with Gasteiger partial charge in [-0.05, 0) is 30.4 Å². The third-order valence-electron chi connectivity index (χ3n) is 3.96. The van der Waals surface area contributed by atoms with Crippen LogP contribution in [0.3, 0.4) is 0 Å². The van der Waals surface area contributed by atoms with E-state index in [1.54, 1.807) is 12.3 Å². The van der Waals surface area contributed by atoms with Crippen LogP contribution in [0.25, 0.3) is 0 Å². The molecule has 1 fully saturated rings. The summed E-state index contributed by atoms with van der Waals surface area (Å²) in [7, 11) is 0. The molecule has 0 saturated heterocycles. The van der Waals surface area contributed by atoms with Crippen LogP contribution in [0.1, 0.15) is 38.7 Å². The zero-order valence-corrected chi connectivity index (χ0v) is 10.5. The predicted octanol–water partition coefficient (Wildman–Crippen LogP) is 3.19. The number of pyridine rings is 1. The Morgan fingerprint density at radius 1 is 1.41 bits per heavy atom. The van der Waals surface area contributed by atoms with E-state index >= 15 is 0 Å². The fourth-order valence-electron chi connectivity index (χ4n) is 2.57. The first-order valence-electron chi connectivity index (χ1n) is 6.34. The molecule has 90 valence electrons. The molecule has 0 aromatic carbocycles. The molecular formula is C14H19N3. The van der Waals surface area contributed by atoms with Crippen LogP contribution < -0.4 is 5.32 Å². The van der Waals surface area contributed by atoms with Gasteiger partial charge in [0, 0.05) is 12.2 Å². The van der Waals surface area contributed by atoms with Crippen LogP contribution >= 0.6 is 0 Å². The Morgan fingerprint density at radius 3 is 3.00 bits per heavy atom. The van der Waals surface area contributed by atoms with Crippen LogP contribution in [0.4, 0.5) is 5.82 Å². The number of hydrogen-bond acceptors (Lipinski definition) is 3. The van der Waals surface area contributed by atoms with E-state index in [2.05, 4.69) is 30.2 Å². The van der Waals surface area contributed by atoms with Crippen molar-refractivity contribution in [1.82, 2.24) is 4.98 Å². The molecule has 0 aliphatic heterocycles. The van der Waals surface area contributed by atoms with Gasteiger partial charge >= 0.3 is 0 Å². The van der Waals surface area contributed by atoms with Crippen molar-refractivity contribution in [3.05, 3.63) is 23.9 Å². The van der Waals surface area contributed by atoms with E-state index in [-0.39, 0.29) is 0 Å².